The van der Waals surface area contributed by atoms with Gasteiger partial charge in [0.2, 0.25) is 0 Å². The number of aromatic nitrogens is 1. The van der Waals surface area contributed by atoms with Gasteiger partial charge < -0.3 is 4.90 Å². The van der Waals surface area contributed by atoms with Crippen molar-refractivity contribution in [1.82, 2.24) is 14.8 Å². The van der Waals surface area contributed by atoms with E-state index < -0.39 is 0 Å². The van der Waals surface area contributed by atoms with Crippen molar-refractivity contribution >= 4 is 17.5 Å². The van der Waals surface area contributed by atoms with Crippen LogP contribution in [-0.2, 0) is 6.54 Å². The lowest BCUT2D eigenvalue weighted by atomic mass is 10.2. The summed E-state index contributed by atoms with van der Waals surface area (Å²) in [5.41, 5.74) is 1.92. The van der Waals surface area contributed by atoms with Gasteiger partial charge in [-0.2, -0.15) is 0 Å². The second-order valence-electron chi connectivity index (χ2n) is 5.42. The van der Waals surface area contributed by atoms with Gasteiger partial charge in [0, 0.05) is 44.5 Å². The molecule has 2 heterocycles. The normalized spacial score (nSPS) is 15.8. The third-order valence-electron chi connectivity index (χ3n) is 3.88. The van der Waals surface area contributed by atoms with Crippen LogP contribution < -0.4 is 0 Å². The Labute approximate surface area is 135 Å². The van der Waals surface area contributed by atoms with Gasteiger partial charge in [0.25, 0.3) is 5.91 Å². The minimum absolute atomic E-state index is 0.0312. The Kier molecular flexibility index (Phi) is 4.71. The Morgan fingerprint density at radius 1 is 1.09 bits per heavy atom. The van der Waals surface area contributed by atoms with E-state index in [0.29, 0.717) is 10.7 Å². The van der Waals surface area contributed by atoms with E-state index in [0.717, 1.165) is 32.7 Å². The van der Waals surface area contributed by atoms with Gasteiger partial charge in [0.05, 0.1) is 0 Å². The molecular weight excluding hydrogens is 298 g/mol. The molecule has 1 aliphatic rings. The molecule has 0 unspecified atom stereocenters. The molecule has 22 heavy (non-hydrogen) atoms. The van der Waals surface area contributed by atoms with Crippen LogP contribution >= 0.6 is 11.6 Å². The number of carbonyl (C=O) groups is 1. The number of halogens is 1. The predicted molar refractivity (Wildman–Crippen MR) is 86.9 cm³/mol. The molecule has 3 rings (SSSR count). The topological polar surface area (TPSA) is 36.4 Å². The molecule has 1 saturated heterocycles. The Morgan fingerprint density at radius 3 is 2.50 bits per heavy atom. The predicted octanol–water partition coefficient (Wildman–Crippen LogP) is 2.69. The van der Waals surface area contributed by atoms with Gasteiger partial charge in [-0.3, -0.25) is 9.69 Å². The lowest BCUT2D eigenvalue weighted by Gasteiger charge is -2.34. The van der Waals surface area contributed by atoms with Crippen molar-refractivity contribution in [1.29, 1.82) is 0 Å². The van der Waals surface area contributed by atoms with Crippen molar-refractivity contribution in [3.8, 4) is 0 Å². The molecule has 4 nitrogen and oxygen atoms in total. The van der Waals surface area contributed by atoms with Crippen molar-refractivity contribution < 1.29 is 4.79 Å². The molecule has 1 aromatic carbocycles. The fourth-order valence-electron chi connectivity index (χ4n) is 2.67. The second-order valence-corrected chi connectivity index (χ2v) is 5.81. The number of nitrogens with zero attached hydrogens (tertiary/aromatic N) is 3. The summed E-state index contributed by atoms with van der Waals surface area (Å²) in [7, 11) is 0. The van der Waals surface area contributed by atoms with E-state index in [-0.39, 0.29) is 5.91 Å². The van der Waals surface area contributed by atoms with Gasteiger partial charge in [-0.25, -0.2) is 4.98 Å². The summed E-state index contributed by atoms with van der Waals surface area (Å²) >= 11 is 5.85. The summed E-state index contributed by atoms with van der Waals surface area (Å²) in [5, 5.41) is 0.355. The maximum Gasteiger partial charge on any atom is 0.254 e. The maximum absolute atomic E-state index is 12.4. The number of hydrogen-bond donors (Lipinski definition) is 0. The minimum Gasteiger partial charge on any atom is -0.336 e. The minimum atomic E-state index is 0.0312. The Balaban J connectivity index is 1.56. The molecule has 2 aromatic rings. The third-order valence-corrected chi connectivity index (χ3v) is 4.09. The van der Waals surface area contributed by atoms with Crippen molar-refractivity contribution in [3.63, 3.8) is 0 Å². The molecular formula is C17H18ClN3O. The fourth-order valence-corrected chi connectivity index (χ4v) is 2.84. The largest absolute Gasteiger partial charge is 0.336 e. The standard InChI is InChI=1S/C17H18ClN3O/c18-16-12-15(6-7-19-16)17(22)21-10-8-20(9-11-21)13-14-4-2-1-3-5-14/h1-7,12H,8-11,13H2. The molecule has 1 aliphatic heterocycles. The third kappa shape index (κ3) is 3.64. The fraction of sp³-hybridized carbons (Fsp3) is 0.294. The zero-order valence-electron chi connectivity index (χ0n) is 12.3. The van der Waals surface area contributed by atoms with E-state index in [4.69, 9.17) is 11.6 Å². The first-order chi connectivity index (χ1) is 10.7. The molecule has 114 valence electrons. The van der Waals surface area contributed by atoms with Gasteiger partial charge in [-0.15, -0.1) is 0 Å². The highest BCUT2D eigenvalue weighted by Crippen LogP contribution is 2.13. The molecule has 0 saturated carbocycles. The van der Waals surface area contributed by atoms with Gasteiger partial charge in [0.1, 0.15) is 5.15 Å². The number of amides is 1. The lowest BCUT2D eigenvalue weighted by molar-refractivity contribution is 0.0628. The van der Waals surface area contributed by atoms with Gasteiger partial charge in [-0.1, -0.05) is 41.9 Å². The summed E-state index contributed by atoms with van der Waals surface area (Å²) in [6.07, 6.45) is 1.57. The Hall–Kier alpha value is -1.91. The quantitative estimate of drug-likeness (QED) is 0.817. The van der Waals surface area contributed by atoms with Crippen molar-refractivity contribution in [2.45, 2.75) is 6.54 Å². The summed E-state index contributed by atoms with van der Waals surface area (Å²) in [6.45, 7) is 4.19. The Morgan fingerprint density at radius 2 is 1.82 bits per heavy atom. The SMILES string of the molecule is O=C(c1ccnc(Cl)c1)N1CCN(Cc2ccccc2)CC1. The number of hydrogen-bond acceptors (Lipinski definition) is 3. The summed E-state index contributed by atoms with van der Waals surface area (Å²) < 4.78 is 0. The molecule has 0 bridgehead atoms. The maximum atomic E-state index is 12.4. The van der Waals surface area contributed by atoms with Crippen LogP contribution in [0.15, 0.2) is 48.7 Å². The molecule has 0 N–H and O–H groups in total. The molecule has 0 aliphatic carbocycles. The molecule has 0 spiro atoms. The van der Waals surface area contributed by atoms with Crippen LogP contribution in [0.2, 0.25) is 5.15 Å². The van der Waals surface area contributed by atoms with Crippen LogP contribution in [0.3, 0.4) is 0 Å². The molecule has 1 amide bonds. The van der Waals surface area contributed by atoms with E-state index in [1.807, 2.05) is 11.0 Å². The van der Waals surface area contributed by atoms with Crippen LogP contribution in [0.1, 0.15) is 15.9 Å². The van der Waals surface area contributed by atoms with E-state index >= 15 is 0 Å². The van der Waals surface area contributed by atoms with Crippen LogP contribution in [-0.4, -0.2) is 46.9 Å². The number of rotatable bonds is 3. The lowest BCUT2D eigenvalue weighted by Crippen LogP contribution is -2.48. The molecule has 5 heteroatoms. The van der Waals surface area contributed by atoms with Crippen molar-refractivity contribution in [2.75, 3.05) is 26.2 Å². The number of carbonyl (C=O) groups excluding carboxylic acids is 1. The summed E-state index contributed by atoms with van der Waals surface area (Å²) in [4.78, 5) is 20.6. The van der Waals surface area contributed by atoms with Crippen LogP contribution in [0.5, 0.6) is 0 Å². The van der Waals surface area contributed by atoms with E-state index in [1.165, 1.54) is 5.56 Å². The number of pyridine rings is 1. The molecule has 0 atom stereocenters. The van der Waals surface area contributed by atoms with Crippen LogP contribution in [0.4, 0.5) is 0 Å². The van der Waals surface area contributed by atoms with Crippen LogP contribution in [0, 0.1) is 0 Å². The highest BCUT2D eigenvalue weighted by Gasteiger charge is 2.22. The first-order valence-corrected chi connectivity index (χ1v) is 7.77. The van der Waals surface area contributed by atoms with Gasteiger partial charge in [0.15, 0.2) is 0 Å². The number of benzene rings is 1. The Bertz CT molecular complexity index is 639. The summed E-state index contributed by atoms with van der Waals surface area (Å²) in [5.74, 6) is 0.0312. The van der Waals surface area contributed by atoms with Crippen molar-refractivity contribution in [3.05, 3.63) is 64.9 Å². The zero-order chi connectivity index (χ0) is 15.4. The molecule has 0 radical (unpaired) electrons. The monoisotopic (exact) mass is 315 g/mol. The first kappa shape index (κ1) is 15.0. The summed E-state index contributed by atoms with van der Waals surface area (Å²) in [6, 6.07) is 13.8. The smallest absolute Gasteiger partial charge is 0.254 e. The second kappa shape index (κ2) is 6.90. The van der Waals surface area contributed by atoms with Crippen molar-refractivity contribution in [2.24, 2.45) is 0 Å². The van der Waals surface area contributed by atoms with E-state index in [2.05, 4.69) is 34.1 Å². The van der Waals surface area contributed by atoms with E-state index in [9.17, 15) is 4.79 Å². The molecule has 1 aromatic heterocycles. The highest BCUT2D eigenvalue weighted by atomic mass is 35.5. The molecule has 1 fully saturated rings. The first-order valence-electron chi connectivity index (χ1n) is 7.39. The van der Waals surface area contributed by atoms with Crippen LogP contribution in [0.25, 0.3) is 0 Å². The van der Waals surface area contributed by atoms with Gasteiger partial charge >= 0.3 is 0 Å². The number of piperazine rings is 1. The highest BCUT2D eigenvalue weighted by molar-refractivity contribution is 6.29. The van der Waals surface area contributed by atoms with Gasteiger partial charge in [-0.05, 0) is 17.7 Å². The zero-order valence-corrected chi connectivity index (χ0v) is 13.0. The van der Waals surface area contributed by atoms with E-state index in [1.54, 1.807) is 18.3 Å². The average Bonchev–Trinajstić information content (AvgIpc) is 2.56. The average molecular weight is 316 g/mol.